The first-order chi connectivity index (χ1) is 16.7. The van der Waals surface area contributed by atoms with Crippen LogP contribution >= 0.6 is 11.3 Å². The van der Waals surface area contributed by atoms with Crippen LogP contribution in [0.3, 0.4) is 0 Å². The molecular weight excluding hydrogens is 446 g/mol. The summed E-state index contributed by atoms with van der Waals surface area (Å²) in [7, 11) is 0. The Balaban J connectivity index is 1.15. The van der Waals surface area contributed by atoms with Crippen LogP contribution in [-0.2, 0) is 17.9 Å². The van der Waals surface area contributed by atoms with Crippen molar-refractivity contribution < 1.29 is 4.79 Å². The summed E-state index contributed by atoms with van der Waals surface area (Å²) in [5.74, 6) is 0.0457. The number of carbonyl (C=O) groups is 1. The van der Waals surface area contributed by atoms with E-state index in [-0.39, 0.29) is 11.5 Å². The minimum absolute atomic E-state index is 0.0457. The summed E-state index contributed by atoms with van der Waals surface area (Å²) < 4.78 is 1.69. The van der Waals surface area contributed by atoms with E-state index in [4.69, 9.17) is 4.98 Å². The third-order valence-electron chi connectivity index (χ3n) is 6.08. The highest BCUT2D eigenvalue weighted by atomic mass is 32.1. The molecule has 0 bridgehead atoms. The molecule has 0 aliphatic carbocycles. The number of fused-ring (bicyclic) bond motifs is 1. The van der Waals surface area contributed by atoms with Crippen molar-refractivity contribution in [1.29, 1.82) is 0 Å². The lowest BCUT2D eigenvalue weighted by Crippen LogP contribution is -2.49. The molecule has 0 atom stereocenters. The smallest absolute Gasteiger partial charge is 0.259 e. The van der Waals surface area contributed by atoms with Gasteiger partial charge in [0.25, 0.3) is 5.56 Å². The lowest BCUT2D eigenvalue weighted by Gasteiger charge is -2.34. The summed E-state index contributed by atoms with van der Waals surface area (Å²) in [5, 5.41) is 4.98. The number of amides is 1. The van der Waals surface area contributed by atoms with E-state index in [1.54, 1.807) is 10.5 Å². The molecule has 174 valence electrons. The van der Waals surface area contributed by atoms with Gasteiger partial charge in [0.05, 0.1) is 17.9 Å². The first kappa shape index (κ1) is 22.5. The van der Waals surface area contributed by atoms with E-state index in [0.29, 0.717) is 19.6 Å². The van der Waals surface area contributed by atoms with Gasteiger partial charge in [-0.3, -0.25) is 23.8 Å². The van der Waals surface area contributed by atoms with Crippen LogP contribution in [0.2, 0.25) is 0 Å². The molecule has 0 radical (unpaired) electrons. The second kappa shape index (κ2) is 10.3. The molecular formula is C26H27N5O2S. The van der Waals surface area contributed by atoms with Crippen LogP contribution in [0.4, 0.5) is 0 Å². The van der Waals surface area contributed by atoms with Gasteiger partial charge in [-0.25, -0.2) is 4.98 Å². The molecule has 7 nitrogen and oxygen atoms in total. The van der Waals surface area contributed by atoms with Crippen molar-refractivity contribution in [2.24, 2.45) is 0 Å². The Bertz CT molecular complexity index is 1310. The van der Waals surface area contributed by atoms with E-state index in [1.807, 2.05) is 66.0 Å². The van der Waals surface area contributed by atoms with Gasteiger partial charge < -0.3 is 5.32 Å². The fourth-order valence-electron chi connectivity index (χ4n) is 4.25. The number of thiazole rings is 1. The summed E-state index contributed by atoms with van der Waals surface area (Å²) in [6, 6.07) is 21.5. The van der Waals surface area contributed by atoms with Crippen molar-refractivity contribution in [3.63, 3.8) is 0 Å². The number of benzene rings is 2. The lowest BCUT2D eigenvalue weighted by molar-refractivity contribution is -0.122. The summed E-state index contributed by atoms with van der Waals surface area (Å²) in [5.41, 5.74) is 3.73. The number of hydrogen-bond acceptors (Lipinski definition) is 6. The van der Waals surface area contributed by atoms with Crippen LogP contribution in [0.25, 0.3) is 16.2 Å². The van der Waals surface area contributed by atoms with Crippen LogP contribution in [0, 0.1) is 0 Å². The predicted molar refractivity (Wildman–Crippen MR) is 135 cm³/mol. The SMILES string of the molecule is O=C(CN1CCN(Cc2cc(=O)n3c(-c4ccccc4)csc3n2)CC1)NCc1ccccc1. The fourth-order valence-corrected chi connectivity index (χ4v) is 5.17. The summed E-state index contributed by atoms with van der Waals surface area (Å²) >= 11 is 1.49. The van der Waals surface area contributed by atoms with Gasteiger partial charge in [0.15, 0.2) is 4.96 Å². The van der Waals surface area contributed by atoms with Gasteiger partial charge in [0.1, 0.15) is 0 Å². The average Bonchev–Trinajstić information content (AvgIpc) is 3.30. The molecule has 4 aromatic rings. The van der Waals surface area contributed by atoms with E-state index >= 15 is 0 Å². The van der Waals surface area contributed by atoms with Gasteiger partial charge in [0.2, 0.25) is 5.91 Å². The van der Waals surface area contributed by atoms with E-state index in [9.17, 15) is 9.59 Å². The maximum atomic E-state index is 12.9. The van der Waals surface area contributed by atoms with Gasteiger partial charge in [0, 0.05) is 50.7 Å². The normalized spacial score (nSPS) is 14.9. The zero-order chi connectivity index (χ0) is 23.3. The molecule has 2 aromatic carbocycles. The van der Waals surface area contributed by atoms with Gasteiger partial charge in [-0.05, 0) is 11.1 Å². The first-order valence-corrected chi connectivity index (χ1v) is 12.3. The molecule has 1 saturated heterocycles. The summed E-state index contributed by atoms with van der Waals surface area (Å²) in [4.78, 5) is 35.1. The molecule has 3 heterocycles. The molecule has 1 fully saturated rings. The van der Waals surface area contributed by atoms with Crippen LogP contribution in [-0.4, -0.2) is 57.8 Å². The maximum absolute atomic E-state index is 12.9. The van der Waals surface area contributed by atoms with E-state index in [0.717, 1.165) is 53.7 Å². The zero-order valence-corrected chi connectivity index (χ0v) is 19.7. The second-order valence-electron chi connectivity index (χ2n) is 8.51. The molecule has 5 rings (SSSR count). The van der Waals surface area contributed by atoms with E-state index < -0.39 is 0 Å². The molecule has 1 N–H and O–H groups in total. The third kappa shape index (κ3) is 5.25. The highest BCUT2D eigenvalue weighted by Gasteiger charge is 2.20. The van der Waals surface area contributed by atoms with Gasteiger partial charge in [-0.15, -0.1) is 11.3 Å². The Morgan fingerprint density at radius 2 is 1.62 bits per heavy atom. The molecule has 2 aromatic heterocycles. The zero-order valence-electron chi connectivity index (χ0n) is 18.9. The van der Waals surface area contributed by atoms with E-state index in [2.05, 4.69) is 15.1 Å². The number of hydrogen-bond donors (Lipinski definition) is 1. The number of carbonyl (C=O) groups excluding carboxylic acids is 1. The highest BCUT2D eigenvalue weighted by molar-refractivity contribution is 7.15. The molecule has 34 heavy (non-hydrogen) atoms. The fraction of sp³-hybridized carbons (Fsp3) is 0.269. The quantitative estimate of drug-likeness (QED) is 0.447. The van der Waals surface area contributed by atoms with Crippen molar-refractivity contribution in [3.8, 4) is 11.3 Å². The van der Waals surface area contributed by atoms with Crippen LogP contribution in [0.15, 0.2) is 76.9 Å². The molecule has 0 unspecified atom stereocenters. The van der Waals surface area contributed by atoms with Gasteiger partial charge in [-0.1, -0.05) is 60.7 Å². The number of nitrogens with zero attached hydrogens (tertiary/aromatic N) is 4. The van der Waals surface area contributed by atoms with Gasteiger partial charge >= 0.3 is 0 Å². The second-order valence-corrected chi connectivity index (χ2v) is 9.34. The van der Waals surface area contributed by atoms with Crippen molar-refractivity contribution in [2.75, 3.05) is 32.7 Å². The largest absolute Gasteiger partial charge is 0.351 e. The summed E-state index contributed by atoms with van der Waals surface area (Å²) in [6.07, 6.45) is 0. The van der Waals surface area contributed by atoms with Crippen molar-refractivity contribution in [2.45, 2.75) is 13.1 Å². The molecule has 8 heteroatoms. The van der Waals surface area contributed by atoms with Crippen LogP contribution in [0.1, 0.15) is 11.3 Å². The Hall–Kier alpha value is -3.33. The molecule has 1 aliphatic heterocycles. The molecule has 1 amide bonds. The third-order valence-corrected chi connectivity index (χ3v) is 6.90. The van der Waals surface area contributed by atoms with Crippen molar-refractivity contribution >= 4 is 22.2 Å². The number of nitrogens with one attached hydrogen (secondary N) is 1. The Kier molecular flexibility index (Phi) is 6.80. The maximum Gasteiger partial charge on any atom is 0.259 e. The van der Waals surface area contributed by atoms with Crippen LogP contribution in [0.5, 0.6) is 0 Å². The number of rotatable bonds is 7. The molecule has 0 saturated carbocycles. The average molecular weight is 474 g/mol. The topological polar surface area (TPSA) is 70.0 Å². The van der Waals surface area contributed by atoms with Crippen molar-refractivity contribution in [3.05, 3.63) is 93.7 Å². The molecule has 0 spiro atoms. The lowest BCUT2D eigenvalue weighted by atomic mass is 10.2. The van der Waals surface area contributed by atoms with Crippen LogP contribution < -0.4 is 10.9 Å². The number of piperazine rings is 1. The molecule has 1 aliphatic rings. The Labute approximate surface area is 202 Å². The standard InChI is InChI=1S/C26H27N5O2S/c32-24(27-16-20-7-3-1-4-8-20)18-30-13-11-29(12-14-30)17-22-15-25(33)31-23(19-34-26(31)28-22)21-9-5-2-6-10-21/h1-10,15,19H,11-14,16-18H2,(H,27,32). The van der Waals surface area contributed by atoms with Gasteiger partial charge in [-0.2, -0.15) is 0 Å². The minimum Gasteiger partial charge on any atom is -0.351 e. The number of aromatic nitrogens is 2. The Morgan fingerprint density at radius 1 is 0.941 bits per heavy atom. The minimum atomic E-state index is -0.0474. The predicted octanol–water partition coefficient (Wildman–Crippen LogP) is 2.86. The highest BCUT2D eigenvalue weighted by Crippen LogP contribution is 2.24. The summed E-state index contributed by atoms with van der Waals surface area (Å²) in [6.45, 7) is 4.91. The Morgan fingerprint density at radius 3 is 2.35 bits per heavy atom. The monoisotopic (exact) mass is 473 g/mol. The van der Waals surface area contributed by atoms with Crippen molar-refractivity contribution in [1.82, 2.24) is 24.5 Å². The first-order valence-electron chi connectivity index (χ1n) is 11.5. The van der Waals surface area contributed by atoms with E-state index in [1.165, 1.54) is 11.3 Å².